The first kappa shape index (κ1) is 15.9. The number of carbonyl (C=O) groups is 3. The Hall–Kier alpha value is -3.35. The molecule has 0 bridgehead atoms. The van der Waals surface area contributed by atoms with Crippen molar-refractivity contribution in [2.24, 2.45) is 16.9 Å². The Morgan fingerprint density at radius 3 is 2.48 bits per heavy atom. The number of Topliss-reactive ketones (excluding diaryl/α,β-unsaturated/α-hetero) is 1. The van der Waals surface area contributed by atoms with E-state index in [-0.39, 0.29) is 17.3 Å². The fraction of sp³-hybridized carbons (Fsp3) is 0.200. The van der Waals surface area contributed by atoms with Crippen LogP contribution in [0.4, 0.5) is 4.39 Å². The summed E-state index contributed by atoms with van der Waals surface area (Å²) in [5.41, 5.74) is 2.00. The Kier molecular flexibility index (Phi) is 3.28. The fourth-order valence-corrected chi connectivity index (χ4v) is 4.37. The number of halogens is 1. The third kappa shape index (κ3) is 2.17. The molecule has 3 heterocycles. The van der Waals surface area contributed by atoms with Crippen molar-refractivity contribution >= 4 is 23.8 Å². The summed E-state index contributed by atoms with van der Waals surface area (Å²) in [6.07, 6.45) is 1.64. The number of imide groups is 1. The minimum Gasteiger partial charge on any atom is -0.296 e. The Labute approximate surface area is 153 Å². The van der Waals surface area contributed by atoms with Crippen LogP contribution in [0, 0.1) is 17.7 Å². The molecular formula is C20H14FN3O3. The van der Waals surface area contributed by atoms with Crippen molar-refractivity contribution in [1.29, 1.82) is 0 Å². The molecule has 2 aromatic rings. The van der Waals surface area contributed by atoms with Gasteiger partial charge in [-0.1, -0.05) is 24.3 Å². The maximum atomic E-state index is 13.2. The van der Waals surface area contributed by atoms with Gasteiger partial charge in [0.05, 0.1) is 24.1 Å². The van der Waals surface area contributed by atoms with Gasteiger partial charge in [0, 0.05) is 5.56 Å². The zero-order valence-corrected chi connectivity index (χ0v) is 14.0. The number of carbonyl (C=O) groups excluding carboxylic acids is 3. The summed E-state index contributed by atoms with van der Waals surface area (Å²) in [4.78, 5) is 38.2. The number of hydrogen-bond donors (Lipinski definition) is 1. The normalized spacial score (nSPS) is 27.8. The van der Waals surface area contributed by atoms with E-state index in [0.29, 0.717) is 0 Å². The highest BCUT2D eigenvalue weighted by Gasteiger charge is 2.62. The van der Waals surface area contributed by atoms with Crippen molar-refractivity contribution in [3.63, 3.8) is 0 Å². The monoisotopic (exact) mass is 363 g/mol. The largest absolute Gasteiger partial charge is 0.296 e. The van der Waals surface area contributed by atoms with E-state index in [1.165, 1.54) is 24.3 Å². The predicted molar refractivity (Wildman–Crippen MR) is 93.3 cm³/mol. The average Bonchev–Trinajstić information content (AvgIpc) is 3.17. The van der Waals surface area contributed by atoms with Crippen LogP contribution < -0.4 is 5.32 Å². The van der Waals surface area contributed by atoms with Crippen molar-refractivity contribution in [3.05, 3.63) is 71.0 Å². The summed E-state index contributed by atoms with van der Waals surface area (Å²) in [5.74, 6) is -3.18. The highest BCUT2D eigenvalue weighted by Crippen LogP contribution is 2.50. The smallest absolute Gasteiger partial charge is 0.233 e. The zero-order chi connectivity index (χ0) is 18.7. The molecule has 27 heavy (non-hydrogen) atoms. The number of benzene rings is 2. The topological polar surface area (TPSA) is 78.8 Å². The quantitative estimate of drug-likeness (QED) is 0.650. The molecule has 2 saturated heterocycles. The molecule has 2 fully saturated rings. The van der Waals surface area contributed by atoms with Crippen LogP contribution in [0.3, 0.4) is 0 Å². The van der Waals surface area contributed by atoms with Crippen LogP contribution in [0.2, 0.25) is 0 Å². The zero-order valence-electron chi connectivity index (χ0n) is 14.0. The van der Waals surface area contributed by atoms with E-state index in [1.54, 1.807) is 11.2 Å². The van der Waals surface area contributed by atoms with Crippen molar-refractivity contribution < 1.29 is 18.8 Å². The average molecular weight is 363 g/mol. The first-order valence-corrected chi connectivity index (χ1v) is 8.62. The minimum absolute atomic E-state index is 0.280. The molecule has 6 nitrogen and oxygen atoms in total. The fourth-order valence-electron chi connectivity index (χ4n) is 4.37. The van der Waals surface area contributed by atoms with E-state index >= 15 is 0 Å². The summed E-state index contributed by atoms with van der Waals surface area (Å²) in [5, 5.41) is 8.34. The maximum Gasteiger partial charge on any atom is 0.233 e. The van der Waals surface area contributed by atoms with Crippen LogP contribution >= 0.6 is 0 Å². The highest BCUT2D eigenvalue weighted by molar-refractivity contribution is 6.12. The van der Waals surface area contributed by atoms with Gasteiger partial charge in [-0.15, -0.1) is 0 Å². The first-order chi connectivity index (χ1) is 13.1. The number of amides is 2. The van der Waals surface area contributed by atoms with Gasteiger partial charge < -0.3 is 0 Å². The van der Waals surface area contributed by atoms with E-state index in [1.807, 2.05) is 24.3 Å². The molecule has 0 radical (unpaired) electrons. The standard InChI is InChI=1S/C20H14FN3O3/c21-12-7-5-10(6-8-12)18(25)17-15-14(19(26)23-20(15)27)16-13-4-2-1-3-11(13)9-22-24(16)17/h1-9,14-17H,(H,23,26,27)/t14-,15+,16+,17-/m1/s1. The van der Waals surface area contributed by atoms with Crippen molar-refractivity contribution in [2.45, 2.75) is 12.1 Å². The second-order valence-corrected chi connectivity index (χ2v) is 6.92. The lowest BCUT2D eigenvalue weighted by atomic mass is 9.83. The molecule has 134 valence electrons. The Bertz CT molecular complexity index is 1020. The number of fused-ring (bicyclic) bond motifs is 5. The lowest BCUT2D eigenvalue weighted by molar-refractivity contribution is -0.127. The van der Waals surface area contributed by atoms with Gasteiger partial charge in [0.15, 0.2) is 5.78 Å². The predicted octanol–water partition coefficient (Wildman–Crippen LogP) is 1.67. The second kappa shape index (κ2) is 5.57. The molecule has 1 N–H and O–H groups in total. The van der Waals surface area contributed by atoms with Crippen LogP contribution in [0.15, 0.2) is 53.6 Å². The molecule has 0 aromatic heterocycles. The van der Waals surface area contributed by atoms with Crippen molar-refractivity contribution in [1.82, 2.24) is 10.3 Å². The van der Waals surface area contributed by atoms with Crippen LogP contribution in [0.25, 0.3) is 0 Å². The first-order valence-electron chi connectivity index (χ1n) is 8.62. The van der Waals surface area contributed by atoms with Crippen LogP contribution in [-0.4, -0.2) is 34.9 Å². The van der Waals surface area contributed by atoms with Gasteiger partial charge in [0.1, 0.15) is 11.9 Å². The van der Waals surface area contributed by atoms with Gasteiger partial charge >= 0.3 is 0 Å². The van der Waals surface area contributed by atoms with Crippen molar-refractivity contribution in [2.75, 3.05) is 0 Å². The second-order valence-electron chi connectivity index (χ2n) is 6.92. The summed E-state index contributed by atoms with van der Waals surface area (Å²) in [6.45, 7) is 0. The van der Waals surface area contributed by atoms with Gasteiger partial charge in [-0.25, -0.2) is 4.39 Å². The van der Waals surface area contributed by atoms with E-state index in [0.717, 1.165) is 11.1 Å². The van der Waals surface area contributed by atoms with Gasteiger partial charge in [-0.2, -0.15) is 5.10 Å². The summed E-state index contributed by atoms with van der Waals surface area (Å²) in [7, 11) is 0. The molecule has 4 atom stereocenters. The van der Waals surface area contributed by atoms with Crippen LogP contribution in [0.1, 0.15) is 27.5 Å². The van der Waals surface area contributed by atoms with E-state index in [4.69, 9.17) is 0 Å². The van der Waals surface area contributed by atoms with Crippen LogP contribution in [0.5, 0.6) is 0 Å². The third-order valence-corrected chi connectivity index (χ3v) is 5.53. The molecule has 3 aliphatic rings. The van der Waals surface area contributed by atoms with Gasteiger partial charge in [-0.3, -0.25) is 24.7 Å². The maximum absolute atomic E-state index is 13.2. The molecule has 0 saturated carbocycles. The van der Waals surface area contributed by atoms with Gasteiger partial charge in [0.25, 0.3) is 0 Å². The lowest BCUT2D eigenvalue weighted by Crippen LogP contribution is -2.43. The minimum atomic E-state index is -0.915. The number of hydrogen-bond acceptors (Lipinski definition) is 5. The highest BCUT2D eigenvalue weighted by atomic mass is 19.1. The van der Waals surface area contributed by atoms with Gasteiger partial charge in [-0.05, 0) is 35.4 Å². The Balaban J connectivity index is 1.64. The molecule has 5 rings (SSSR count). The molecule has 0 aliphatic carbocycles. The number of ketones is 1. The summed E-state index contributed by atoms with van der Waals surface area (Å²) < 4.78 is 13.2. The Morgan fingerprint density at radius 2 is 1.70 bits per heavy atom. The molecule has 3 aliphatic heterocycles. The van der Waals surface area contributed by atoms with E-state index < -0.39 is 35.6 Å². The molecule has 0 unspecified atom stereocenters. The van der Waals surface area contributed by atoms with Crippen molar-refractivity contribution in [3.8, 4) is 0 Å². The molecular weight excluding hydrogens is 349 g/mol. The number of nitrogens with one attached hydrogen (secondary N) is 1. The SMILES string of the molecule is O=C1NC(=O)[C@H]2[C@@H]1[C@@H]1c3ccccc3C=NN1[C@H]2C(=O)c1ccc(F)cc1. The third-order valence-electron chi connectivity index (χ3n) is 5.53. The number of hydrazone groups is 1. The summed E-state index contributed by atoms with van der Waals surface area (Å²) in [6, 6.07) is 11.3. The molecule has 2 aromatic carbocycles. The lowest BCUT2D eigenvalue weighted by Gasteiger charge is -2.32. The van der Waals surface area contributed by atoms with Crippen LogP contribution in [-0.2, 0) is 9.59 Å². The Morgan fingerprint density at radius 1 is 1.00 bits per heavy atom. The number of nitrogens with zero attached hydrogens (tertiary/aromatic N) is 2. The molecule has 2 amide bonds. The summed E-state index contributed by atoms with van der Waals surface area (Å²) >= 11 is 0. The molecule has 0 spiro atoms. The van der Waals surface area contributed by atoms with E-state index in [2.05, 4.69) is 10.4 Å². The van der Waals surface area contributed by atoms with Gasteiger partial charge in [0.2, 0.25) is 11.8 Å². The van der Waals surface area contributed by atoms with E-state index in [9.17, 15) is 18.8 Å². The number of rotatable bonds is 2. The molecule has 7 heteroatoms.